The zero-order valence-corrected chi connectivity index (χ0v) is 11.0. The maximum atomic E-state index is 12.6. The van der Waals surface area contributed by atoms with E-state index in [0.717, 1.165) is 18.9 Å². The summed E-state index contributed by atoms with van der Waals surface area (Å²) in [6.07, 6.45) is 5.94. The first-order valence-electron chi connectivity index (χ1n) is 7.21. The van der Waals surface area contributed by atoms with E-state index in [0.29, 0.717) is 24.0 Å². The van der Waals surface area contributed by atoms with Gasteiger partial charge in [0.2, 0.25) is 5.91 Å². The number of fused-ring (bicyclic) bond motifs is 2. The van der Waals surface area contributed by atoms with Crippen LogP contribution in [-0.2, 0) is 4.79 Å². The zero-order chi connectivity index (χ0) is 12.0. The third-order valence-corrected chi connectivity index (χ3v) is 5.04. The van der Waals surface area contributed by atoms with Crippen LogP contribution in [0.25, 0.3) is 0 Å². The fraction of sp³-hybridized carbons (Fsp3) is 0.929. The van der Waals surface area contributed by atoms with Crippen LogP contribution in [0, 0.1) is 11.8 Å². The van der Waals surface area contributed by atoms with Gasteiger partial charge in [-0.15, -0.1) is 0 Å². The number of hydrogen-bond donors (Lipinski definition) is 1. The van der Waals surface area contributed by atoms with Crippen molar-refractivity contribution in [2.24, 2.45) is 11.8 Å². The molecule has 1 amide bonds. The predicted octanol–water partition coefficient (Wildman–Crippen LogP) is 1.77. The second kappa shape index (κ2) is 4.27. The molecule has 3 aliphatic heterocycles. The van der Waals surface area contributed by atoms with Gasteiger partial charge in [-0.2, -0.15) is 0 Å². The molecule has 3 heteroatoms. The summed E-state index contributed by atoms with van der Waals surface area (Å²) >= 11 is 0. The molecule has 3 saturated heterocycles. The Hall–Kier alpha value is -0.570. The van der Waals surface area contributed by atoms with Crippen LogP contribution in [0.4, 0.5) is 0 Å². The molecule has 0 aromatic rings. The number of nitrogens with zero attached hydrogens (tertiary/aromatic N) is 1. The molecule has 0 spiro atoms. The fourth-order valence-electron chi connectivity index (χ4n) is 4.04. The summed E-state index contributed by atoms with van der Waals surface area (Å²) in [7, 11) is 0. The van der Waals surface area contributed by atoms with Gasteiger partial charge in [0.25, 0.3) is 0 Å². The van der Waals surface area contributed by atoms with E-state index in [1.165, 1.54) is 25.7 Å². The second-order valence-electron chi connectivity index (χ2n) is 6.40. The highest BCUT2D eigenvalue weighted by molar-refractivity contribution is 5.80. The van der Waals surface area contributed by atoms with Crippen molar-refractivity contribution in [1.82, 2.24) is 10.2 Å². The molecule has 0 radical (unpaired) electrons. The Morgan fingerprint density at radius 3 is 2.59 bits per heavy atom. The average Bonchev–Trinajstić information content (AvgIpc) is 2.89. The Kier molecular flexibility index (Phi) is 2.89. The maximum Gasteiger partial charge on any atom is 0.227 e. The Bertz CT molecular complexity index is 317. The smallest absolute Gasteiger partial charge is 0.227 e. The normalized spacial score (nSPS) is 45.3. The highest BCUT2D eigenvalue weighted by Crippen LogP contribution is 2.35. The summed E-state index contributed by atoms with van der Waals surface area (Å²) in [5.74, 6) is 1.50. The molecule has 0 aliphatic carbocycles. The van der Waals surface area contributed by atoms with Gasteiger partial charge in [0, 0.05) is 24.7 Å². The number of hydrogen-bond acceptors (Lipinski definition) is 2. The monoisotopic (exact) mass is 236 g/mol. The van der Waals surface area contributed by atoms with E-state index < -0.39 is 0 Å². The predicted molar refractivity (Wildman–Crippen MR) is 67.6 cm³/mol. The van der Waals surface area contributed by atoms with E-state index in [1.807, 2.05) is 0 Å². The topological polar surface area (TPSA) is 32.3 Å². The molecule has 17 heavy (non-hydrogen) atoms. The summed E-state index contributed by atoms with van der Waals surface area (Å²) in [4.78, 5) is 14.8. The molecule has 3 fully saturated rings. The van der Waals surface area contributed by atoms with Crippen LogP contribution < -0.4 is 5.32 Å². The van der Waals surface area contributed by atoms with Gasteiger partial charge in [0.1, 0.15) is 0 Å². The molecular formula is C14H24N2O. The number of amides is 1. The molecule has 3 heterocycles. The molecule has 5 unspecified atom stereocenters. The molecule has 3 aliphatic rings. The lowest BCUT2D eigenvalue weighted by Crippen LogP contribution is -2.48. The highest BCUT2D eigenvalue weighted by Gasteiger charge is 2.45. The first kappa shape index (κ1) is 11.5. The van der Waals surface area contributed by atoms with Crippen molar-refractivity contribution in [3.63, 3.8) is 0 Å². The minimum atomic E-state index is 0.282. The van der Waals surface area contributed by atoms with E-state index >= 15 is 0 Å². The molecular weight excluding hydrogens is 212 g/mol. The molecule has 2 bridgehead atoms. The first-order chi connectivity index (χ1) is 8.15. The molecule has 3 rings (SSSR count). The van der Waals surface area contributed by atoms with Crippen LogP contribution >= 0.6 is 0 Å². The lowest BCUT2D eigenvalue weighted by molar-refractivity contribution is -0.140. The number of nitrogens with one attached hydrogen (secondary N) is 1. The van der Waals surface area contributed by atoms with Crippen LogP contribution in [0.3, 0.4) is 0 Å². The van der Waals surface area contributed by atoms with Gasteiger partial charge in [0.05, 0.1) is 5.92 Å². The lowest BCUT2D eigenvalue weighted by Gasteiger charge is -2.39. The number of rotatable bonds is 1. The Morgan fingerprint density at radius 1 is 1.18 bits per heavy atom. The lowest BCUT2D eigenvalue weighted by atomic mass is 9.86. The minimum Gasteiger partial charge on any atom is -0.340 e. The molecule has 3 nitrogen and oxygen atoms in total. The minimum absolute atomic E-state index is 0.282. The summed E-state index contributed by atoms with van der Waals surface area (Å²) < 4.78 is 0. The van der Waals surface area contributed by atoms with E-state index in [2.05, 4.69) is 24.1 Å². The standard InChI is InChI=1S/C14H24N2O/c1-9-5-6-16(10(2)7-9)14(17)12-8-11-3-4-13(12)15-11/h9-13,15H,3-8H2,1-2H3. The Morgan fingerprint density at radius 2 is 2.00 bits per heavy atom. The molecule has 96 valence electrons. The van der Waals surface area contributed by atoms with Crippen molar-refractivity contribution in [3.8, 4) is 0 Å². The van der Waals surface area contributed by atoms with Crippen LogP contribution in [0.5, 0.6) is 0 Å². The van der Waals surface area contributed by atoms with Crippen molar-refractivity contribution in [1.29, 1.82) is 0 Å². The van der Waals surface area contributed by atoms with Crippen molar-refractivity contribution < 1.29 is 4.79 Å². The van der Waals surface area contributed by atoms with Crippen LogP contribution in [0.2, 0.25) is 0 Å². The number of piperidine rings is 1. The SMILES string of the molecule is CC1CCN(C(=O)C2CC3CCC2N3)C(C)C1. The Labute approximate surface area is 104 Å². The highest BCUT2D eigenvalue weighted by atomic mass is 16.2. The van der Waals surface area contributed by atoms with E-state index in [1.54, 1.807) is 0 Å². The van der Waals surface area contributed by atoms with Gasteiger partial charge in [-0.3, -0.25) is 4.79 Å². The van der Waals surface area contributed by atoms with Gasteiger partial charge < -0.3 is 10.2 Å². The average molecular weight is 236 g/mol. The number of carbonyl (C=O) groups excluding carboxylic acids is 1. The number of likely N-dealkylation sites (tertiary alicyclic amines) is 1. The zero-order valence-electron chi connectivity index (χ0n) is 11.0. The third kappa shape index (κ3) is 1.99. The maximum absolute atomic E-state index is 12.6. The van der Waals surface area contributed by atoms with E-state index in [-0.39, 0.29) is 5.92 Å². The third-order valence-electron chi connectivity index (χ3n) is 5.04. The van der Waals surface area contributed by atoms with Gasteiger partial charge in [0.15, 0.2) is 0 Å². The van der Waals surface area contributed by atoms with Gasteiger partial charge in [-0.05, 0) is 44.9 Å². The summed E-state index contributed by atoms with van der Waals surface area (Å²) in [6.45, 7) is 5.50. The van der Waals surface area contributed by atoms with Crippen molar-refractivity contribution in [2.45, 2.75) is 64.1 Å². The number of carbonyl (C=O) groups is 1. The molecule has 0 aromatic carbocycles. The quantitative estimate of drug-likeness (QED) is 0.752. The molecule has 0 saturated carbocycles. The van der Waals surface area contributed by atoms with E-state index in [9.17, 15) is 4.79 Å². The van der Waals surface area contributed by atoms with Crippen molar-refractivity contribution in [2.75, 3.05) is 6.54 Å². The summed E-state index contributed by atoms with van der Waals surface area (Å²) in [5.41, 5.74) is 0. The molecule has 0 aromatic heterocycles. The van der Waals surface area contributed by atoms with Crippen LogP contribution in [-0.4, -0.2) is 35.5 Å². The van der Waals surface area contributed by atoms with Gasteiger partial charge in [-0.25, -0.2) is 0 Å². The van der Waals surface area contributed by atoms with Crippen LogP contribution in [0.1, 0.15) is 46.0 Å². The summed E-state index contributed by atoms with van der Waals surface area (Å²) in [5, 5.41) is 3.57. The Balaban J connectivity index is 1.66. The van der Waals surface area contributed by atoms with Crippen LogP contribution in [0.15, 0.2) is 0 Å². The van der Waals surface area contributed by atoms with Gasteiger partial charge >= 0.3 is 0 Å². The van der Waals surface area contributed by atoms with E-state index in [4.69, 9.17) is 0 Å². The largest absolute Gasteiger partial charge is 0.340 e. The molecule has 5 atom stereocenters. The van der Waals surface area contributed by atoms with Gasteiger partial charge in [-0.1, -0.05) is 6.92 Å². The fourth-order valence-corrected chi connectivity index (χ4v) is 4.04. The van der Waals surface area contributed by atoms with Crippen molar-refractivity contribution in [3.05, 3.63) is 0 Å². The van der Waals surface area contributed by atoms with Crippen molar-refractivity contribution >= 4 is 5.91 Å². The second-order valence-corrected chi connectivity index (χ2v) is 6.40. The molecule has 1 N–H and O–H groups in total. The first-order valence-corrected chi connectivity index (χ1v) is 7.21. The summed E-state index contributed by atoms with van der Waals surface area (Å²) in [6, 6.07) is 1.57.